The molecule has 0 bridgehead atoms. The van der Waals surface area contributed by atoms with Crippen LogP contribution in [0.5, 0.6) is 11.5 Å². The largest absolute Gasteiger partial charge is 0.497 e. The average Bonchev–Trinajstić information content (AvgIpc) is 3.05. The molecule has 0 saturated carbocycles. The van der Waals surface area contributed by atoms with Gasteiger partial charge in [0.05, 0.1) is 30.3 Å². The maximum absolute atomic E-state index is 12.9. The van der Waals surface area contributed by atoms with Gasteiger partial charge < -0.3 is 15.2 Å². The Kier molecular flexibility index (Phi) is 3.59. The summed E-state index contributed by atoms with van der Waals surface area (Å²) in [5.41, 5.74) is 8.34. The quantitative estimate of drug-likeness (QED) is 0.882. The van der Waals surface area contributed by atoms with Crippen LogP contribution in [0.2, 0.25) is 0 Å². The van der Waals surface area contributed by atoms with E-state index in [1.54, 1.807) is 32.4 Å². The summed E-state index contributed by atoms with van der Waals surface area (Å²) >= 11 is 1.53. The number of carbonyl (C=O) groups is 1. The molecule has 0 unspecified atom stereocenters. The van der Waals surface area contributed by atoms with Crippen molar-refractivity contribution < 1.29 is 14.3 Å². The summed E-state index contributed by atoms with van der Waals surface area (Å²) in [6.45, 7) is 0. The highest BCUT2D eigenvalue weighted by molar-refractivity contribution is 7.16. The Morgan fingerprint density at radius 2 is 2.05 bits per heavy atom. The van der Waals surface area contributed by atoms with Crippen molar-refractivity contribution >= 4 is 22.1 Å². The minimum absolute atomic E-state index is 0.0809. The van der Waals surface area contributed by atoms with E-state index in [2.05, 4.69) is 0 Å². The van der Waals surface area contributed by atoms with E-state index < -0.39 is 0 Å². The zero-order valence-electron chi connectivity index (χ0n) is 12.1. The molecule has 21 heavy (non-hydrogen) atoms. The second-order valence-corrected chi connectivity index (χ2v) is 6.13. The molecule has 2 N–H and O–H groups in total. The standard InChI is InChI=1S/C16H17NO3S/c1-19-9-6-7-12(20-2)11(8-9)15(18)14-10-4-3-5-13(10)21-16(14)17/h6-8H,3-5,17H2,1-2H3. The van der Waals surface area contributed by atoms with Gasteiger partial charge in [-0.1, -0.05) is 0 Å². The molecule has 5 heteroatoms. The number of hydrogen-bond donors (Lipinski definition) is 1. The third kappa shape index (κ3) is 2.27. The van der Waals surface area contributed by atoms with Gasteiger partial charge in [0.1, 0.15) is 11.5 Å². The number of fused-ring (bicyclic) bond motifs is 1. The van der Waals surface area contributed by atoms with Crippen LogP contribution in [-0.2, 0) is 12.8 Å². The van der Waals surface area contributed by atoms with E-state index >= 15 is 0 Å². The van der Waals surface area contributed by atoms with Crippen LogP contribution in [0.15, 0.2) is 18.2 Å². The van der Waals surface area contributed by atoms with Crippen molar-refractivity contribution in [3.05, 3.63) is 39.8 Å². The number of anilines is 1. The number of rotatable bonds is 4. The molecule has 1 aromatic carbocycles. The van der Waals surface area contributed by atoms with E-state index in [4.69, 9.17) is 15.2 Å². The summed E-state index contributed by atoms with van der Waals surface area (Å²) < 4.78 is 10.5. The Labute approximate surface area is 127 Å². The molecule has 1 aromatic heterocycles. The first-order valence-electron chi connectivity index (χ1n) is 6.82. The molecular formula is C16H17NO3S. The molecule has 110 valence electrons. The number of carbonyl (C=O) groups excluding carboxylic acids is 1. The second kappa shape index (κ2) is 5.41. The molecule has 0 amide bonds. The van der Waals surface area contributed by atoms with Crippen molar-refractivity contribution in [1.82, 2.24) is 0 Å². The number of methoxy groups -OCH3 is 2. The van der Waals surface area contributed by atoms with Crippen LogP contribution in [0.3, 0.4) is 0 Å². The van der Waals surface area contributed by atoms with Crippen LogP contribution in [0.4, 0.5) is 5.00 Å². The number of ketones is 1. The van der Waals surface area contributed by atoms with Crippen molar-refractivity contribution in [3.8, 4) is 11.5 Å². The Bertz CT molecular complexity index is 706. The number of thiophene rings is 1. The Morgan fingerprint density at radius 3 is 2.76 bits per heavy atom. The fourth-order valence-electron chi connectivity index (χ4n) is 2.80. The van der Waals surface area contributed by atoms with Gasteiger partial charge in [0, 0.05) is 4.88 Å². The van der Waals surface area contributed by atoms with Crippen molar-refractivity contribution in [3.63, 3.8) is 0 Å². The van der Waals surface area contributed by atoms with Gasteiger partial charge in [-0.25, -0.2) is 0 Å². The molecule has 3 rings (SSSR count). The average molecular weight is 303 g/mol. The fourth-order valence-corrected chi connectivity index (χ4v) is 3.96. The monoisotopic (exact) mass is 303 g/mol. The molecule has 0 radical (unpaired) electrons. The van der Waals surface area contributed by atoms with Gasteiger partial charge in [-0.3, -0.25) is 4.79 Å². The Hall–Kier alpha value is -2.01. The predicted octanol–water partition coefficient (Wildman–Crippen LogP) is 3.07. The van der Waals surface area contributed by atoms with Gasteiger partial charge in [-0.05, 0) is 43.0 Å². The van der Waals surface area contributed by atoms with Gasteiger partial charge >= 0.3 is 0 Å². The highest BCUT2D eigenvalue weighted by Gasteiger charge is 2.27. The van der Waals surface area contributed by atoms with Crippen molar-refractivity contribution in [2.75, 3.05) is 20.0 Å². The zero-order chi connectivity index (χ0) is 15.0. The summed E-state index contributed by atoms with van der Waals surface area (Å²) in [4.78, 5) is 14.2. The summed E-state index contributed by atoms with van der Waals surface area (Å²) in [6.07, 6.45) is 3.04. The summed E-state index contributed by atoms with van der Waals surface area (Å²) in [7, 11) is 3.13. The van der Waals surface area contributed by atoms with Crippen molar-refractivity contribution in [2.45, 2.75) is 19.3 Å². The Balaban J connectivity index is 2.10. The minimum atomic E-state index is -0.0809. The third-order valence-corrected chi connectivity index (χ3v) is 4.95. The van der Waals surface area contributed by atoms with Crippen LogP contribution in [0.1, 0.15) is 32.8 Å². The van der Waals surface area contributed by atoms with E-state index in [9.17, 15) is 4.79 Å². The molecule has 0 spiro atoms. The second-order valence-electron chi connectivity index (χ2n) is 4.99. The van der Waals surface area contributed by atoms with Gasteiger partial charge in [-0.15, -0.1) is 11.3 Å². The van der Waals surface area contributed by atoms with E-state index in [0.29, 0.717) is 27.6 Å². The highest BCUT2D eigenvalue weighted by atomic mass is 32.1. The van der Waals surface area contributed by atoms with Crippen LogP contribution in [0.25, 0.3) is 0 Å². The smallest absolute Gasteiger partial charge is 0.200 e. The molecule has 2 aromatic rings. The zero-order valence-corrected chi connectivity index (χ0v) is 12.9. The van der Waals surface area contributed by atoms with Gasteiger partial charge in [0.25, 0.3) is 0 Å². The molecule has 1 aliphatic carbocycles. The topological polar surface area (TPSA) is 61.5 Å². The molecule has 0 atom stereocenters. The van der Waals surface area contributed by atoms with Crippen LogP contribution in [-0.4, -0.2) is 20.0 Å². The van der Waals surface area contributed by atoms with Gasteiger partial charge in [0.2, 0.25) is 0 Å². The normalized spacial score (nSPS) is 13.0. The molecule has 0 saturated heterocycles. The molecule has 1 heterocycles. The first-order valence-corrected chi connectivity index (χ1v) is 7.64. The first-order chi connectivity index (χ1) is 10.2. The van der Waals surface area contributed by atoms with E-state index in [1.807, 2.05) is 0 Å². The number of ether oxygens (including phenoxy) is 2. The highest BCUT2D eigenvalue weighted by Crippen LogP contribution is 2.39. The van der Waals surface area contributed by atoms with Crippen LogP contribution in [0, 0.1) is 0 Å². The third-order valence-electron chi connectivity index (χ3n) is 3.83. The number of hydrogen-bond acceptors (Lipinski definition) is 5. The van der Waals surface area contributed by atoms with E-state index in [0.717, 1.165) is 24.8 Å². The predicted molar refractivity (Wildman–Crippen MR) is 83.7 cm³/mol. The maximum Gasteiger partial charge on any atom is 0.200 e. The summed E-state index contributed by atoms with van der Waals surface area (Å²) in [5.74, 6) is 1.09. The molecule has 4 nitrogen and oxygen atoms in total. The number of nitrogens with two attached hydrogens (primary N) is 1. The van der Waals surface area contributed by atoms with Crippen LogP contribution < -0.4 is 15.2 Å². The SMILES string of the molecule is COc1ccc(OC)c(C(=O)c2c(N)sc3c2CCC3)c1. The maximum atomic E-state index is 12.9. The lowest BCUT2D eigenvalue weighted by atomic mass is 9.99. The number of benzene rings is 1. The van der Waals surface area contributed by atoms with Gasteiger partial charge in [-0.2, -0.15) is 0 Å². The fraction of sp³-hybridized carbons (Fsp3) is 0.312. The lowest BCUT2D eigenvalue weighted by Gasteiger charge is -2.10. The first kappa shape index (κ1) is 13.9. The number of aryl methyl sites for hydroxylation is 1. The van der Waals surface area contributed by atoms with E-state index in [-0.39, 0.29) is 5.78 Å². The Morgan fingerprint density at radius 1 is 1.24 bits per heavy atom. The van der Waals surface area contributed by atoms with E-state index in [1.165, 1.54) is 16.2 Å². The van der Waals surface area contributed by atoms with Crippen molar-refractivity contribution in [2.24, 2.45) is 0 Å². The van der Waals surface area contributed by atoms with Gasteiger partial charge in [0.15, 0.2) is 5.78 Å². The number of nitrogen functional groups attached to an aromatic ring is 1. The lowest BCUT2D eigenvalue weighted by molar-refractivity contribution is 0.103. The lowest BCUT2D eigenvalue weighted by Crippen LogP contribution is -2.08. The molecule has 0 aliphatic heterocycles. The summed E-state index contributed by atoms with van der Waals surface area (Å²) in [5, 5.41) is 0.606. The molecule has 1 aliphatic rings. The molecule has 0 fully saturated rings. The van der Waals surface area contributed by atoms with Crippen molar-refractivity contribution in [1.29, 1.82) is 0 Å². The van der Waals surface area contributed by atoms with Crippen LogP contribution >= 0.6 is 11.3 Å². The molecular weight excluding hydrogens is 286 g/mol. The minimum Gasteiger partial charge on any atom is -0.497 e. The summed E-state index contributed by atoms with van der Waals surface area (Å²) in [6, 6.07) is 5.23.